The SMILES string of the molecule is COc1ccc(CCNc2ncc3c(n2)N(C2CCOCC2)C(=O)CC3C)cc1OC. The lowest BCUT2D eigenvalue weighted by atomic mass is 9.92. The van der Waals surface area contributed by atoms with E-state index in [4.69, 9.17) is 19.2 Å². The first-order valence-electron chi connectivity index (χ1n) is 10.8. The molecule has 8 nitrogen and oxygen atoms in total. The summed E-state index contributed by atoms with van der Waals surface area (Å²) in [5.74, 6) is 2.98. The molecule has 1 aromatic heterocycles. The molecule has 3 heterocycles. The third-order valence-corrected chi connectivity index (χ3v) is 6.01. The summed E-state index contributed by atoms with van der Waals surface area (Å²) >= 11 is 0. The molecule has 2 aliphatic heterocycles. The second-order valence-corrected chi connectivity index (χ2v) is 8.05. The Morgan fingerprint density at radius 2 is 1.97 bits per heavy atom. The van der Waals surface area contributed by atoms with Gasteiger partial charge in [-0.2, -0.15) is 4.98 Å². The molecule has 4 rings (SSSR count). The van der Waals surface area contributed by atoms with Gasteiger partial charge < -0.3 is 19.5 Å². The second-order valence-electron chi connectivity index (χ2n) is 8.05. The van der Waals surface area contributed by atoms with E-state index in [0.717, 1.165) is 36.2 Å². The molecular formula is C23H30N4O4. The summed E-state index contributed by atoms with van der Waals surface area (Å²) in [4.78, 5) is 24.0. The molecular weight excluding hydrogens is 396 g/mol. The standard InChI is InChI=1S/C23H30N4O4/c1-15-12-21(28)27(17-7-10-31-11-8-17)22-18(15)14-25-23(26-22)24-9-6-16-4-5-19(29-2)20(13-16)30-3/h4-5,13-15,17H,6-12H2,1-3H3,(H,24,25,26). The number of hydrogen-bond acceptors (Lipinski definition) is 7. The first-order valence-corrected chi connectivity index (χ1v) is 10.8. The average Bonchev–Trinajstić information content (AvgIpc) is 2.79. The van der Waals surface area contributed by atoms with E-state index >= 15 is 0 Å². The molecule has 1 saturated heterocycles. The van der Waals surface area contributed by atoms with Crippen molar-refractivity contribution in [2.45, 2.75) is 44.6 Å². The normalized spacial score (nSPS) is 19.1. The highest BCUT2D eigenvalue weighted by molar-refractivity contribution is 5.96. The van der Waals surface area contributed by atoms with Crippen LogP contribution in [0.5, 0.6) is 11.5 Å². The number of amides is 1. The van der Waals surface area contributed by atoms with E-state index in [9.17, 15) is 4.79 Å². The highest BCUT2D eigenvalue weighted by atomic mass is 16.5. The monoisotopic (exact) mass is 426 g/mol. The van der Waals surface area contributed by atoms with Gasteiger partial charge in [-0.05, 0) is 42.9 Å². The third kappa shape index (κ3) is 4.58. The maximum absolute atomic E-state index is 12.9. The quantitative estimate of drug-likeness (QED) is 0.728. The summed E-state index contributed by atoms with van der Waals surface area (Å²) < 4.78 is 16.2. The molecule has 1 atom stereocenters. The van der Waals surface area contributed by atoms with Gasteiger partial charge in [-0.1, -0.05) is 13.0 Å². The number of nitrogens with one attached hydrogen (secondary N) is 1. The zero-order valence-electron chi connectivity index (χ0n) is 18.4. The number of nitrogens with zero attached hydrogens (tertiary/aromatic N) is 3. The zero-order valence-corrected chi connectivity index (χ0v) is 18.4. The summed E-state index contributed by atoms with van der Waals surface area (Å²) in [6.45, 7) is 4.09. The molecule has 1 unspecified atom stereocenters. The maximum atomic E-state index is 12.9. The number of aromatic nitrogens is 2. The number of fused-ring (bicyclic) bond motifs is 1. The van der Waals surface area contributed by atoms with Crippen molar-refractivity contribution in [3.8, 4) is 11.5 Å². The smallest absolute Gasteiger partial charge is 0.229 e. The van der Waals surface area contributed by atoms with Crippen molar-refractivity contribution in [1.82, 2.24) is 9.97 Å². The summed E-state index contributed by atoms with van der Waals surface area (Å²) in [6, 6.07) is 6.04. The first-order chi connectivity index (χ1) is 15.1. The number of methoxy groups -OCH3 is 2. The molecule has 8 heteroatoms. The number of anilines is 2. The molecule has 0 spiro atoms. The Hall–Kier alpha value is -2.87. The molecule has 1 amide bonds. The van der Waals surface area contributed by atoms with Crippen LogP contribution >= 0.6 is 0 Å². The van der Waals surface area contributed by atoms with E-state index in [1.165, 1.54) is 0 Å². The molecule has 2 aromatic rings. The largest absolute Gasteiger partial charge is 0.493 e. The van der Waals surface area contributed by atoms with Gasteiger partial charge in [-0.3, -0.25) is 9.69 Å². The Morgan fingerprint density at radius 3 is 2.71 bits per heavy atom. The molecule has 1 aromatic carbocycles. The van der Waals surface area contributed by atoms with Gasteiger partial charge in [0, 0.05) is 44.0 Å². The highest BCUT2D eigenvalue weighted by Crippen LogP contribution is 2.37. The fourth-order valence-corrected chi connectivity index (χ4v) is 4.27. The van der Waals surface area contributed by atoms with Crippen LogP contribution in [-0.4, -0.2) is 55.9 Å². The predicted molar refractivity (Wildman–Crippen MR) is 118 cm³/mol. The van der Waals surface area contributed by atoms with Gasteiger partial charge >= 0.3 is 0 Å². The van der Waals surface area contributed by atoms with E-state index in [1.54, 1.807) is 14.2 Å². The molecule has 0 aliphatic carbocycles. The van der Waals surface area contributed by atoms with Crippen molar-refractivity contribution in [1.29, 1.82) is 0 Å². The zero-order chi connectivity index (χ0) is 21.8. The molecule has 1 N–H and O–H groups in total. The second kappa shape index (κ2) is 9.51. The van der Waals surface area contributed by atoms with E-state index in [1.807, 2.05) is 29.3 Å². The number of hydrogen-bond donors (Lipinski definition) is 1. The predicted octanol–water partition coefficient (Wildman–Crippen LogP) is 3.17. The Kier molecular flexibility index (Phi) is 6.56. The highest BCUT2D eigenvalue weighted by Gasteiger charge is 2.36. The maximum Gasteiger partial charge on any atom is 0.229 e. The van der Waals surface area contributed by atoms with Crippen LogP contribution in [0.15, 0.2) is 24.4 Å². The lowest BCUT2D eigenvalue weighted by Gasteiger charge is -2.38. The van der Waals surface area contributed by atoms with Crippen LogP contribution in [0.25, 0.3) is 0 Å². The molecule has 0 saturated carbocycles. The van der Waals surface area contributed by atoms with Crippen LogP contribution in [0.4, 0.5) is 11.8 Å². The van der Waals surface area contributed by atoms with Crippen molar-refractivity contribution in [3.05, 3.63) is 35.5 Å². The Bertz CT molecular complexity index is 930. The van der Waals surface area contributed by atoms with Gasteiger partial charge in [-0.15, -0.1) is 0 Å². The van der Waals surface area contributed by atoms with Gasteiger partial charge in [0.25, 0.3) is 0 Å². The molecule has 0 radical (unpaired) electrons. The fraction of sp³-hybridized carbons (Fsp3) is 0.522. The van der Waals surface area contributed by atoms with E-state index in [2.05, 4.69) is 17.2 Å². The fourth-order valence-electron chi connectivity index (χ4n) is 4.27. The Labute approximate surface area is 182 Å². The van der Waals surface area contributed by atoms with Crippen LogP contribution in [0.1, 0.15) is 43.2 Å². The lowest BCUT2D eigenvalue weighted by molar-refractivity contribution is -0.120. The molecule has 0 bridgehead atoms. The van der Waals surface area contributed by atoms with E-state index in [-0.39, 0.29) is 17.9 Å². The van der Waals surface area contributed by atoms with Crippen molar-refractivity contribution in [3.63, 3.8) is 0 Å². The van der Waals surface area contributed by atoms with Crippen LogP contribution in [0.3, 0.4) is 0 Å². The van der Waals surface area contributed by atoms with Crippen molar-refractivity contribution in [2.75, 3.05) is 44.2 Å². The van der Waals surface area contributed by atoms with Gasteiger partial charge in [0.15, 0.2) is 11.5 Å². The number of ether oxygens (including phenoxy) is 3. The summed E-state index contributed by atoms with van der Waals surface area (Å²) in [5.41, 5.74) is 2.16. The molecule has 2 aliphatic rings. The minimum Gasteiger partial charge on any atom is -0.493 e. The summed E-state index contributed by atoms with van der Waals surface area (Å²) in [5, 5.41) is 3.31. The van der Waals surface area contributed by atoms with Gasteiger partial charge in [0.2, 0.25) is 11.9 Å². The number of benzene rings is 1. The van der Waals surface area contributed by atoms with E-state index < -0.39 is 0 Å². The minimum absolute atomic E-state index is 0.124. The van der Waals surface area contributed by atoms with Crippen LogP contribution in [0.2, 0.25) is 0 Å². The van der Waals surface area contributed by atoms with Crippen LogP contribution in [0, 0.1) is 0 Å². The number of rotatable bonds is 7. The van der Waals surface area contributed by atoms with Crippen LogP contribution < -0.4 is 19.7 Å². The topological polar surface area (TPSA) is 85.8 Å². The summed E-state index contributed by atoms with van der Waals surface area (Å²) in [7, 11) is 3.26. The summed E-state index contributed by atoms with van der Waals surface area (Å²) in [6.07, 6.45) is 4.82. The van der Waals surface area contributed by atoms with Gasteiger partial charge in [0.05, 0.1) is 14.2 Å². The van der Waals surface area contributed by atoms with Crippen molar-refractivity contribution >= 4 is 17.7 Å². The van der Waals surface area contributed by atoms with E-state index in [0.29, 0.717) is 43.6 Å². The van der Waals surface area contributed by atoms with Gasteiger partial charge in [-0.25, -0.2) is 4.98 Å². The van der Waals surface area contributed by atoms with Gasteiger partial charge in [0.1, 0.15) is 5.82 Å². The molecule has 166 valence electrons. The number of carbonyl (C=O) groups is 1. The van der Waals surface area contributed by atoms with Crippen LogP contribution in [-0.2, 0) is 16.0 Å². The van der Waals surface area contributed by atoms with Crippen molar-refractivity contribution < 1.29 is 19.0 Å². The molecule has 31 heavy (non-hydrogen) atoms. The molecule has 1 fully saturated rings. The average molecular weight is 427 g/mol. The third-order valence-electron chi connectivity index (χ3n) is 6.01. The van der Waals surface area contributed by atoms with Crippen molar-refractivity contribution in [2.24, 2.45) is 0 Å². The first kappa shape index (κ1) is 21.4. The minimum atomic E-state index is 0.124. The number of carbonyl (C=O) groups excluding carboxylic acids is 1. The Balaban J connectivity index is 1.48. The Morgan fingerprint density at radius 1 is 1.19 bits per heavy atom. The lowest BCUT2D eigenvalue weighted by Crippen LogP contribution is -2.47.